The molecule has 240 valence electrons. The first kappa shape index (κ1) is 33.5. The third-order valence-corrected chi connectivity index (χ3v) is 8.82. The topological polar surface area (TPSA) is 150 Å². The highest BCUT2D eigenvalue weighted by atomic mass is 35.5. The summed E-state index contributed by atoms with van der Waals surface area (Å²) in [5.74, 6) is 1.31. The molecule has 3 aliphatic rings. The van der Waals surface area contributed by atoms with Crippen LogP contribution in [0.2, 0.25) is 0 Å². The molecular weight excluding hydrogens is 607 g/mol. The molecule has 2 saturated carbocycles. The highest BCUT2D eigenvalue weighted by Crippen LogP contribution is 2.34. The van der Waals surface area contributed by atoms with Crippen LogP contribution in [0.1, 0.15) is 80.6 Å². The second-order valence-electron chi connectivity index (χ2n) is 11.7. The van der Waals surface area contributed by atoms with Gasteiger partial charge in [-0.2, -0.15) is 9.97 Å². The van der Waals surface area contributed by atoms with Crippen molar-refractivity contribution in [2.75, 3.05) is 30.8 Å². The number of carbonyl (C=O) groups excluding carboxylic acids is 2. The third-order valence-electron chi connectivity index (χ3n) is 8.82. The summed E-state index contributed by atoms with van der Waals surface area (Å²) < 4.78 is 12.5. The number of rotatable bonds is 7. The molecule has 44 heavy (non-hydrogen) atoms. The Kier molecular flexibility index (Phi) is 11.5. The fourth-order valence-corrected chi connectivity index (χ4v) is 6.32. The minimum absolute atomic E-state index is 0. The lowest BCUT2D eigenvalue weighted by Crippen LogP contribution is -2.43. The lowest BCUT2D eigenvalue weighted by molar-refractivity contribution is 0.0600. The quantitative estimate of drug-likeness (QED) is 0.287. The number of nitrogens with one attached hydrogen (secondary N) is 2. The SMILES string of the molecule is COC(=O)c1ccc(OC(=O)N2CCC(Nc3nc(N[C@H]4CC[C@H](N)CC4)nc4c3ncn4C3CCCC3)CC2)cc1.Cl.Cl. The van der Waals surface area contributed by atoms with E-state index in [1.807, 2.05) is 6.33 Å². The minimum atomic E-state index is -0.435. The maximum absolute atomic E-state index is 12.8. The number of halogens is 2. The second kappa shape index (κ2) is 15.1. The van der Waals surface area contributed by atoms with Gasteiger partial charge < -0.3 is 35.3 Å². The Morgan fingerprint density at radius 2 is 1.55 bits per heavy atom. The zero-order valence-electron chi connectivity index (χ0n) is 24.9. The van der Waals surface area contributed by atoms with Crippen molar-refractivity contribution in [2.24, 2.45) is 5.73 Å². The fourth-order valence-electron chi connectivity index (χ4n) is 6.32. The van der Waals surface area contributed by atoms with Gasteiger partial charge in [0.05, 0.1) is 19.0 Å². The summed E-state index contributed by atoms with van der Waals surface area (Å²) in [4.78, 5) is 40.8. The standard InChI is InChI=1S/C30H40N8O4.2ClH/c1-41-28(39)19-6-12-24(13-7-19)42-30(40)37-16-14-22(15-17-37)33-26-25-27(38(18-32-25)23-4-2-3-5-23)36-29(35-26)34-21-10-8-20(31)9-11-21;;/h6-7,12-13,18,20-23H,2-5,8-11,14-17,31H2,1H3,(H2,33,34,35,36);2*1H/t20-,21-;;. The Hall–Kier alpha value is -3.35. The van der Waals surface area contributed by atoms with Crippen LogP contribution < -0.4 is 21.1 Å². The van der Waals surface area contributed by atoms with Crippen LogP contribution in [-0.2, 0) is 4.74 Å². The van der Waals surface area contributed by atoms with Gasteiger partial charge in [-0.05, 0) is 75.6 Å². The van der Waals surface area contributed by atoms with Crippen molar-refractivity contribution < 1.29 is 19.1 Å². The van der Waals surface area contributed by atoms with E-state index >= 15 is 0 Å². The Morgan fingerprint density at radius 3 is 2.20 bits per heavy atom. The summed E-state index contributed by atoms with van der Waals surface area (Å²) in [6.07, 6.45) is 11.8. The number of carbonyl (C=O) groups is 2. The lowest BCUT2D eigenvalue weighted by Gasteiger charge is -2.32. The molecule has 6 rings (SSSR count). The van der Waals surface area contributed by atoms with E-state index in [-0.39, 0.29) is 36.9 Å². The van der Waals surface area contributed by atoms with Crippen LogP contribution >= 0.6 is 24.8 Å². The normalized spacial score (nSPS) is 20.8. The van der Waals surface area contributed by atoms with Gasteiger partial charge in [-0.1, -0.05) is 12.8 Å². The van der Waals surface area contributed by atoms with Crippen LogP contribution in [0.25, 0.3) is 11.2 Å². The Morgan fingerprint density at radius 1 is 0.886 bits per heavy atom. The number of nitrogens with two attached hydrogens (primary N) is 1. The summed E-state index contributed by atoms with van der Waals surface area (Å²) in [6, 6.07) is 7.48. The van der Waals surface area contributed by atoms with Crippen molar-refractivity contribution in [2.45, 2.75) is 88.4 Å². The molecule has 1 saturated heterocycles. The van der Waals surface area contributed by atoms with Gasteiger partial charge in [-0.15, -0.1) is 24.8 Å². The predicted octanol–water partition coefficient (Wildman–Crippen LogP) is 5.33. The van der Waals surface area contributed by atoms with Crippen LogP contribution in [0.15, 0.2) is 30.6 Å². The number of nitrogens with zero attached hydrogens (tertiary/aromatic N) is 5. The number of piperidine rings is 1. The molecule has 2 aliphatic carbocycles. The first-order chi connectivity index (χ1) is 20.5. The third kappa shape index (κ3) is 7.65. The first-order valence-electron chi connectivity index (χ1n) is 15.1. The molecule has 2 aromatic heterocycles. The molecule has 3 fully saturated rings. The van der Waals surface area contributed by atoms with E-state index in [0.717, 1.165) is 68.3 Å². The number of likely N-dealkylation sites (tertiary alicyclic amines) is 1. The fraction of sp³-hybridized carbons (Fsp3) is 0.567. The van der Waals surface area contributed by atoms with Gasteiger partial charge in [0, 0.05) is 37.3 Å². The molecule has 12 nitrogen and oxygen atoms in total. The number of aromatic nitrogens is 4. The Bertz CT molecular complexity index is 1400. The zero-order chi connectivity index (χ0) is 29.1. The predicted molar refractivity (Wildman–Crippen MR) is 173 cm³/mol. The van der Waals surface area contributed by atoms with E-state index in [4.69, 9.17) is 30.2 Å². The van der Waals surface area contributed by atoms with E-state index < -0.39 is 12.1 Å². The van der Waals surface area contributed by atoms with Gasteiger partial charge in [0.25, 0.3) is 0 Å². The number of fused-ring (bicyclic) bond motifs is 1. The molecule has 1 aromatic carbocycles. The van der Waals surface area contributed by atoms with Gasteiger partial charge in [-0.3, -0.25) is 0 Å². The van der Waals surface area contributed by atoms with Crippen molar-refractivity contribution in [1.29, 1.82) is 0 Å². The smallest absolute Gasteiger partial charge is 0.415 e. The minimum Gasteiger partial charge on any atom is -0.465 e. The average Bonchev–Trinajstić information content (AvgIpc) is 3.69. The summed E-state index contributed by atoms with van der Waals surface area (Å²) in [5, 5.41) is 7.22. The van der Waals surface area contributed by atoms with Crippen molar-refractivity contribution in [3.8, 4) is 5.75 Å². The van der Waals surface area contributed by atoms with E-state index in [0.29, 0.717) is 42.4 Å². The molecular formula is C30H42Cl2N8O4. The van der Waals surface area contributed by atoms with Crippen LogP contribution in [-0.4, -0.2) is 74.8 Å². The van der Waals surface area contributed by atoms with Crippen molar-refractivity contribution in [1.82, 2.24) is 24.4 Å². The van der Waals surface area contributed by atoms with Crippen molar-refractivity contribution in [3.05, 3.63) is 36.2 Å². The lowest BCUT2D eigenvalue weighted by atomic mass is 9.92. The highest BCUT2D eigenvalue weighted by Gasteiger charge is 2.28. The zero-order valence-corrected chi connectivity index (χ0v) is 26.6. The number of imidazole rings is 1. The summed E-state index contributed by atoms with van der Waals surface area (Å²) >= 11 is 0. The van der Waals surface area contributed by atoms with Crippen molar-refractivity contribution >= 4 is 59.8 Å². The number of benzene rings is 1. The molecule has 0 bridgehead atoms. The Labute approximate surface area is 269 Å². The largest absolute Gasteiger partial charge is 0.465 e. The van der Waals surface area contributed by atoms with Crippen molar-refractivity contribution in [3.63, 3.8) is 0 Å². The summed E-state index contributed by atoms with van der Waals surface area (Å²) in [5.41, 5.74) is 8.18. The van der Waals surface area contributed by atoms with Gasteiger partial charge in [-0.25, -0.2) is 14.6 Å². The maximum Gasteiger partial charge on any atom is 0.415 e. The maximum atomic E-state index is 12.8. The van der Waals surface area contributed by atoms with Crippen LogP contribution in [0.4, 0.5) is 16.6 Å². The number of ether oxygens (including phenoxy) is 2. The average molecular weight is 650 g/mol. The second-order valence-corrected chi connectivity index (χ2v) is 11.7. The highest BCUT2D eigenvalue weighted by molar-refractivity contribution is 5.89. The number of methoxy groups -OCH3 is 1. The van der Waals surface area contributed by atoms with E-state index in [1.165, 1.54) is 20.0 Å². The van der Waals surface area contributed by atoms with Crippen LogP contribution in [0.5, 0.6) is 5.75 Å². The molecule has 0 atom stereocenters. The summed E-state index contributed by atoms with van der Waals surface area (Å²) in [7, 11) is 1.33. The number of hydrogen-bond donors (Lipinski definition) is 3. The molecule has 1 amide bonds. The van der Waals surface area contributed by atoms with E-state index in [1.54, 1.807) is 29.2 Å². The number of amides is 1. The van der Waals surface area contributed by atoms with Gasteiger partial charge in [0.15, 0.2) is 17.0 Å². The first-order valence-corrected chi connectivity index (χ1v) is 15.1. The number of anilines is 2. The molecule has 0 spiro atoms. The molecule has 3 aromatic rings. The molecule has 14 heteroatoms. The summed E-state index contributed by atoms with van der Waals surface area (Å²) in [6.45, 7) is 1.10. The molecule has 3 heterocycles. The van der Waals surface area contributed by atoms with E-state index in [2.05, 4.69) is 15.2 Å². The van der Waals surface area contributed by atoms with Crippen LogP contribution in [0.3, 0.4) is 0 Å². The molecule has 1 aliphatic heterocycles. The molecule has 4 N–H and O–H groups in total. The van der Waals surface area contributed by atoms with Gasteiger partial charge in [0.1, 0.15) is 5.75 Å². The monoisotopic (exact) mass is 648 g/mol. The molecule has 0 radical (unpaired) electrons. The molecule has 0 unspecified atom stereocenters. The number of hydrogen-bond acceptors (Lipinski definition) is 10. The van der Waals surface area contributed by atoms with Gasteiger partial charge >= 0.3 is 12.1 Å². The van der Waals surface area contributed by atoms with Gasteiger partial charge in [0.2, 0.25) is 5.95 Å². The number of esters is 1. The Balaban J connectivity index is 0.00000221. The van der Waals surface area contributed by atoms with E-state index in [9.17, 15) is 9.59 Å². The van der Waals surface area contributed by atoms with Crippen LogP contribution in [0, 0.1) is 0 Å².